The van der Waals surface area contributed by atoms with Gasteiger partial charge in [0.1, 0.15) is 6.54 Å². The monoisotopic (exact) mass is 423 g/mol. The maximum absolute atomic E-state index is 13.0. The summed E-state index contributed by atoms with van der Waals surface area (Å²) in [6.45, 7) is 5.57. The van der Waals surface area contributed by atoms with Gasteiger partial charge in [-0.05, 0) is 31.0 Å². The lowest BCUT2D eigenvalue weighted by Crippen LogP contribution is -2.49. The van der Waals surface area contributed by atoms with Gasteiger partial charge in [0.15, 0.2) is 5.69 Å². The molecule has 8 nitrogen and oxygen atoms in total. The van der Waals surface area contributed by atoms with Crippen LogP contribution in [0.2, 0.25) is 0 Å². The van der Waals surface area contributed by atoms with Crippen molar-refractivity contribution in [1.29, 1.82) is 0 Å². The second-order valence-electron chi connectivity index (χ2n) is 8.49. The van der Waals surface area contributed by atoms with Crippen molar-refractivity contribution < 1.29 is 14.3 Å². The summed E-state index contributed by atoms with van der Waals surface area (Å²) in [6, 6.07) is 12.2. The van der Waals surface area contributed by atoms with E-state index in [9.17, 15) is 9.59 Å². The number of amides is 2. The number of piperazine rings is 1. The molecule has 0 bridgehead atoms. The van der Waals surface area contributed by atoms with Crippen molar-refractivity contribution in [2.75, 3.05) is 57.4 Å². The lowest BCUT2D eigenvalue weighted by atomic mass is 10.2. The first-order chi connectivity index (χ1) is 15.2. The number of hydrogen-bond donors (Lipinski definition) is 0. The molecule has 0 unspecified atom stereocenters. The molecule has 0 radical (unpaired) electrons. The highest BCUT2D eigenvalue weighted by molar-refractivity contribution is 5.92. The van der Waals surface area contributed by atoms with Crippen LogP contribution in [0.4, 0.5) is 5.69 Å². The molecular weight excluding hydrogens is 394 g/mol. The van der Waals surface area contributed by atoms with Crippen LogP contribution in [0.15, 0.2) is 36.4 Å². The Balaban J connectivity index is 1.24. The molecule has 5 rings (SSSR count). The van der Waals surface area contributed by atoms with Gasteiger partial charge in [0.25, 0.3) is 5.91 Å². The van der Waals surface area contributed by atoms with Crippen molar-refractivity contribution in [3.8, 4) is 0 Å². The Morgan fingerprint density at radius 3 is 2.32 bits per heavy atom. The van der Waals surface area contributed by atoms with E-state index in [2.05, 4.69) is 22.1 Å². The van der Waals surface area contributed by atoms with Gasteiger partial charge in [-0.3, -0.25) is 14.3 Å². The highest BCUT2D eigenvalue weighted by atomic mass is 16.5. The number of nitrogens with zero attached hydrogens (tertiary/aromatic N) is 5. The van der Waals surface area contributed by atoms with Crippen LogP contribution >= 0.6 is 0 Å². The van der Waals surface area contributed by atoms with Crippen LogP contribution in [0.3, 0.4) is 0 Å². The lowest BCUT2D eigenvalue weighted by molar-refractivity contribution is -0.132. The molecule has 1 aliphatic carbocycles. The van der Waals surface area contributed by atoms with Crippen molar-refractivity contribution in [2.24, 2.45) is 0 Å². The maximum atomic E-state index is 13.0. The van der Waals surface area contributed by atoms with E-state index in [1.165, 1.54) is 5.69 Å². The SMILES string of the molecule is O=C(Cn1nc(C(=O)N2CCOCC2)cc1C1CC1)N1CCN(c2ccccc2)CC1. The topological polar surface area (TPSA) is 70.9 Å². The Kier molecular flexibility index (Phi) is 5.63. The Morgan fingerprint density at radius 1 is 0.935 bits per heavy atom. The van der Waals surface area contributed by atoms with Crippen molar-refractivity contribution in [3.05, 3.63) is 47.8 Å². The standard InChI is InChI=1S/C23H29N5O3/c29-22(26-10-8-25(9-11-26)19-4-2-1-3-5-19)17-28-21(18-6-7-18)16-20(24-28)23(30)27-12-14-31-15-13-27/h1-5,16,18H,6-15,17H2. The third kappa shape index (κ3) is 4.44. The Hall–Kier alpha value is -2.87. The molecule has 0 N–H and O–H groups in total. The van der Waals surface area contributed by atoms with Crippen molar-refractivity contribution in [1.82, 2.24) is 19.6 Å². The molecule has 2 saturated heterocycles. The molecular formula is C23H29N5O3. The Labute approximate surface area is 182 Å². The van der Waals surface area contributed by atoms with Gasteiger partial charge in [-0.25, -0.2) is 0 Å². The predicted octanol–water partition coefficient (Wildman–Crippen LogP) is 1.58. The fourth-order valence-corrected chi connectivity index (χ4v) is 4.38. The van der Waals surface area contributed by atoms with E-state index in [1.807, 2.05) is 29.2 Å². The molecule has 8 heteroatoms. The van der Waals surface area contributed by atoms with Crippen molar-refractivity contribution in [3.63, 3.8) is 0 Å². The number of rotatable bonds is 5. The summed E-state index contributed by atoms with van der Waals surface area (Å²) in [7, 11) is 0. The molecule has 1 aromatic carbocycles. The third-order valence-electron chi connectivity index (χ3n) is 6.36. The average molecular weight is 424 g/mol. The minimum Gasteiger partial charge on any atom is -0.378 e. The number of anilines is 1. The van der Waals surface area contributed by atoms with Crippen molar-refractivity contribution >= 4 is 17.5 Å². The van der Waals surface area contributed by atoms with Crippen LogP contribution in [-0.2, 0) is 16.1 Å². The molecule has 31 heavy (non-hydrogen) atoms. The largest absolute Gasteiger partial charge is 0.378 e. The van der Waals surface area contributed by atoms with E-state index in [0.717, 1.165) is 31.6 Å². The number of ether oxygens (including phenoxy) is 1. The third-order valence-corrected chi connectivity index (χ3v) is 6.36. The average Bonchev–Trinajstić information content (AvgIpc) is 3.60. The molecule has 1 saturated carbocycles. The van der Waals surface area contributed by atoms with Crippen LogP contribution in [0, 0.1) is 0 Å². The second kappa shape index (κ2) is 8.70. The molecule has 1 aromatic heterocycles. The summed E-state index contributed by atoms with van der Waals surface area (Å²) < 4.78 is 7.12. The zero-order chi connectivity index (χ0) is 21.2. The van der Waals surface area contributed by atoms with Gasteiger partial charge in [-0.1, -0.05) is 18.2 Å². The van der Waals surface area contributed by atoms with Gasteiger partial charge in [0, 0.05) is 56.6 Å². The molecule has 3 aliphatic rings. The molecule has 2 aliphatic heterocycles. The fourth-order valence-electron chi connectivity index (χ4n) is 4.38. The van der Waals surface area contributed by atoms with E-state index in [1.54, 1.807) is 9.58 Å². The quantitative estimate of drug-likeness (QED) is 0.730. The normalized spacial score (nSPS) is 19.5. The van der Waals surface area contributed by atoms with E-state index in [-0.39, 0.29) is 18.4 Å². The van der Waals surface area contributed by atoms with Gasteiger partial charge in [0.2, 0.25) is 5.91 Å². The maximum Gasteiger partial charge on any atom is 0.274 e. The molecule has 3 fully saturated rings. The minimum atomic E-state index is -0.0622. The summed E-state index contributed by atoms with van der Waals surface area (Å²) in [5.74, 6) is 0.428. The van der Waals surface area contributed by atoms with Gasteiger partial charge in [-0.15, -0.1) is 0 Å². The lowest BCUT2D eigenvalue weighted by Gasteiger charge is -2.36. The first-order valence-corrected chi connectivity index (χ1v) is 11.2. The number of carbonyl (C=O) groups excluding carboxylic acids is 2. The van der Waals surface area contributed by atoms with Gasteiger partial charge < -0.3 is 19.4 Å². The second-order valence-corrected chi connectivity index (χ2v) is 8.49. The summed E-state index contributed by atoms with van der Waals surface area (Å²) in [5.41, 5.74) is 2.67. The number of aromatic nitrogens is 2. The number of para-hydroxylation sites is 1. The summed E-state index contributed by atoms with van der Waals surface area (Å²) in [5, 5.41) is 4.57. The van der Waals surface area contributed by atoms with Crippen LogP contribution in [0.1, 0.15) is 34.9 Å². The van der Waals surface area contributed by atoms with E-state index >= 15 is 0 Å². The molecule has 0 atom stereocenters. The smallest absolute Gasteiger partial charge is 0.274 e. The minimum absolute atomic E-state index is 0.0622. The summed E-state index contributed by atoms with van der Waals surface area (Å²) >= 11 is 0. The van der Waals surface area contributed by atoms with Crippen LogP contribution in [0.25, 0.3) is 0 Å². The van der Waals surface area contributed by atoms with Crippen LogP contribution in [0.5, 0.6) is 0 Å². The predicted molar refractivity (Wildman–Crippen MR) is 116 cm³/mol. The molecule has 164 valence electrons. The van der Waals surface area contributed by atoms with Gasteiger partial charge >= 0.3 is 0 Å². The summed E-state index contributed by atoms with van der Waals surface area (Å²) in [4.78, 5) is 31.9. The number of benzene rings is 1. The highest BCUT2D eigenvalue weighted by Crippen LogP contribution is 2.40. The molecule has 2 aromatic rings. The number of hydrogen-bond acceptors (Lipinski definition) is 5. The van der Waals surface area contributed by atoms with Gasteiger partial charge in [-0.2, -0.15) is 5.10 Å². The van der Waals surface area contributed by atoms with Gasteiger partial charge in [0.05, 0.1) is 13.2 Å². The van der Waals surface area contributed by atoms with Crippen LogP contribution in [-0.4, -0.2) is 83.9 Å². The first-order valence-electron chi connectivity index (χ1n) is 11.2. The van der Waals surface area contributed by atoms with Crippen molar-refractivity contribution in [2.45, 2.75) is 25.3 Å². The Morgan fingerprint density at radius 2 is 1.65 bits per heavy atom. The number of carbonyl (C=O) groups is 2. The van der Waals surface area contributed by atoms with E-state index in [4.69, 9.17) is 4.74 Å². The zero-order valence-electron chi connectivity index (χ0n) is 17.8. The molecule has 3 heterocycles. The fraction of sp³-hybridized carbons (Fsp3) is 0.522. The van der Waals surface area contributed by atoms with Crippen LogP contribution < -0.4 is 4.90 Å². The first kappa shape index (κ1) is 20.1. The Bertz CT molecular complexity index is 926. The molecule has 2 amide bonds. The zero-order valence-corrected chi connectivity index (χ0v) is 17.8. The van der Waals surface area contributed by atoms with E-state index < -0.39 is 0 Å². The van der Waals surface area contributed by atoms with E-state index in [0.29, 0.717) is 51.0 Å². The summed E-state index contributed by atoms with van der Waals surface area (Å²) in [6.07, 6.45) is 2.20. The highest BCUT2D eigenvalue weighted by Gasteiger charge is 2.32. The number of morpholine rings is 1. The molecule has 0 spiro atoms.